The number of hydrogen-bond acceptors (Lipinski definition) is 3. The Morgan fingerprint density at radius 2 is 1.80 bits per heavy atom. The molecular formula is C16H18N2OS. The number of aryl methyl sites for hydroxylation is 3. The molecule has 0 bridgehead atoms. The molecule has 0 spiro atoms. The summed E-state index contributed by atoms with van der Waals surface area (Å²) in [7, 11) is 0. The summed E-state index contributed by atoms with van der Waals surface area (Å²) < 4.78 is 0. The van der Waals surface area contributed by atoms with Gasteiger partial charge in [-0.25, -0.2) is 0 Å². The standard InChI is InChI=1S/C16H18N2OS/c1-10-4-7-15(12(3)8-10)20-13-5-6-14(11(2)9-13)16(17)18-19/h4-9,19H,1-3H3,(H2,17,18). The molecule has 3 N–H and O–H groups in total. The van der Waals surface area contributed by atoms with Crippen molar-refractivity contribution < 1.29 is 5.21 Å². The molecule has 0 heterocycles. The van der Waals surface area contributed by atoms with Gasteiger partial charge in [-0.3, -0.25) is 0 Å². The number of hydrogen-bond donors (Lipinski definition) is 2. The minimum Gasteiger partial charge on any atom is -0.409 e. The van der Waals surface area contributed by atoms with E-state index in [4.69, 9.17) is 10.9 Å². The second-order valence-corrected chi connectivity index (χ2v) is 5.95. The third-order valence-electron chi connectivity index (χ3n) is 3.14. The lowest BCUT2D eigenvalue weighted by Gasteiger charge is -2.09. The highest BCUT2D eigenvalue weighted by atomic mass is 32.2. The maximum Gasteiger partial charge on any atom is 0.170 e. The number of rotatable bonds is 3. The van der Waals surface area contributed by atoms with Gasteiger partial charge in [-0.1, -0.05) is 34.6 Å². The minimum absolute atomic E-state index is 0.144. The fourth-order valence-corrected chi connectivity index (χ4v) is 3.06. The van der Waals surface area contributed by atoms with Gasteiger partial charge in [0.15, 0.2) is 5.84 Å². The Hall–Kier alpha value is -1.94. The molecule has 2 aromatic carbocycles. The molecule has 0 amide bonds. The van der Waals surface area contributed by atoms with Crippen LogP contribution in [0.25, 0.3) is 0 Å². The number of nitrogens with two attached hydrogens (primary N) is 1. The van der Waals surface area contributed by atoms with Gasteiger partial charge >= 0.3 is 0 Å². The third-order valence-corrected chi connectivity index (χ3v) is 4.31. The van der Waals surface area contributed by atoms with Gasteiger partial charge < -0.3 is 10.9 Å². The monoisotopic (exact) mass is 286 g/mol. The highest BCUT2D eigenvalue weighted by molar-refractivity contribution is 7.99. The zero-order valence-corrected chi connectivity index (χ0v) is 12.7. The predicted octanol–water partition coefficient (Wildman–Crippen LogP) is 3.86. The quantitative estimate of drug-likeness (QED) is 0.390. The molecule has 0 saturated carbocycles. The summed E-state index contributed by atoms with van der Waals surface area (Å²) in [4.78, 5) is 2.38. The normalized spacial score (nSPS) is 11.7. The molecule has 3 nitrogen and oxygen atoms in total. The van der Waals surface area contributed by atoms with Gasteiger partial charge in [0.05, 0.1) is 0 Å². The van der Waals surface area contributed by atoms with E-state index >= 15 is 0 Å². The van der Waals surface area contributed by atoms with E-state index in [1.807, 2.05) is 19.1 Å². The topological polar surface area (TPSA) is 58.6 Å². The second kappa shape index (κ2) is 6.01. The zero-order chi connectivity index (χ0) is 14.7. The molecule has 0 unspecified atom stereocenters. The van der Waals surface area contributed by atoms with Crippen molar-refractivity contribution >= 4 is 17.6 Å². The molecule has 4 heteroatoms. The Morgan fingerprint density at radius 1 is 1.05 bits per heavy atom. The van der Waals surface area contributed by atoms with Gasteiger partial charge in [0.2, 0.25) is 0 Å². The van der Waals surface area contributed by atoms with Crippen molar-refractivity contribution in [2.24, 2.45) is 10.9 Å². The number of benzene rings is 2. The molecule has 20 heavy (non-hydrogen) atoms. The van der Waals surface area contributed by atoms with Gasteiger partial charge in [0, 0.05) is 15.4 Å². The largest absolute Gasteiger partial charge is 0.409 e. The van der Waals surface area contributed by atoms with Crippen LogP contribution in [0.4, 0.5) is 0 Å². The summed E-state index contributed by atoms with van der Waals surface area (Å²) in [5.74, 6) is 0.144. The lowest BCUT2D eigenvalue weighted by Crippen LogP contribution is -2.14. The number of oxime groups is 1. The van der Waals surface area contributed by atoms with E-state index in [1.165, 1.54) is 16.0 Å². The first-order chi connectivity index (χ1) is 9.51. The molecule has 0 aliphatic carbocycles. The van der Waals surface area contributed by atoms with Crippen molar-refractivity contribution in [3.8, 4) is 0 Å². The molecule has 0 aliphatic heterocycles. The molecule has 0 fully saturated rings. The molecule has 104 valence electrons. The lowest BCUT2D eigenvalue weighted by molar-refractivity contribution is 0.318. The average molecular weight is 286 g/mol. The van der Waals surface area contributed by atoms with E-state index in [-0.39, 0.29) is 5.84 Å². The van der Waals surface area contributed by atoms with E-state index in [0.717, 1.165) is 16.0 Å². The number of nitrogens with zero attached hydrogens (tertiary/aromatic N) is 1. The van der Waals surface area contributed by atoms with E-state index in [9.17, 15) is 0 Å². The summed E-state index contributed by atoms with van der Waals surface area (Å²) in [6.45, 7) is 6.17. The van der Waals surface area contributed by atoms with E-state index in [2.05, 4.69) is 43.3 Å². The van der Waals surface area contributed by atoms with Gasteiger partial charge in [-0.2, -0.15) is 0 Å². The average Bonchev–Trinajstić information content (AvgIpc) is 2.41. The van der Waals surface area contributed by atoms with Crippen LogP contribution >= 0.6 is 11.8 Å². The van der Waals surface area contributed by atoms with Crippen molar-refractivity contribution in [1.82, 2.24) is 0 Å². The zero-order valence-electron chi connectivity index (χ0n) is 11.8. The van der Waals surface area contributed by atoms with Crippen LogP contribution in [0, 0.1) is 20.8 Å². The van der Waals surface area contributed by atoms with Crippen molar-refractivity contribution in [3.05, 3.63) is 58.7 Å². The van der Waals surface area contributed by atoms with Gasteiger partial charge in [-0.05, 0) is 56.2 Å². The molecule has 0 saturated heterocycles. The van der Waals surface area contributed by atoms with Crippen molar-refractivity contribution in [2.75, 3.05) is 0 Å². The fourth-order valence-electron chi connectivity index (χ4n) is 2.08. The number of amidine groups is 1. The molecule has 0 aromatic heterocycles. The van der Waals surface area contributed by atoms with Gasteiger partial charge in [0.25, 0.3) is 0 Å². The summed E-state index contributed by atoms with van der Waals surface area (Å²) in [6.07, 6.45) is 0. The first kappa shape index (κ1) is 14.5. The van der Waals surface area contributed by atoms with Crippen LogP contribution < -0.4 is 5.73 Å². The molecule has 0 radical (unpaired) electrons. The van der Waals surface area contributed by atoms with E-state index < -0.39 is 0 Å². The summed E-state index contributed by atoms with van der Waals surface area (Å²) >= 11 is 1.72. The SMILES string of the molecule is Cc1ccc(Sc2ccc(/C(N)=N/O)c(C)c2)c(C)c1. The third kappa shape index (κ3) is 3.14. The molecule has 2 rings (SSSR count). The fraction of sp³-hybridized carbons (Fsp3) is 0.188. The van der Waals surface area contributed by atoms with Crippen LogP contribution in [0.3, 0.4) is 0 Å². The Morgan fingerprint density at radius 3 is 2.40 bits per heavy atom. The van der Waals surface area contributed by atoms with Crippen LogP contribution in [0.15, 0.2) is 51.3 Å². The van der Waals surface area contributed by atoms with Crippen molar-refractivity contribution in [3.63, 3.8) is 0 Å². The Bertz CT molecular complexity index is 666. The Balaban J connectivity index is 2.29. The maximum atomic E-state index is 8.74. The highest BCUT2D eigenvalue weighted by Crippen LogP contribution is 2.31. The highest BCUT2D eigenvalue weighted by Gasteiger charge is 2.07. The molecule has 0 aliphatic rings. The van der Waals surface area contributed by atoms with Crippen molar-refractivity contribution in [1.29, 1.82) is 0 Å². The smallest absolute Gasteiger partial charge is 0.170 e. The molecule has 2 aromatic rings. The molecule has 0 atom stereocenters. The van der Waals surface area contributed by atoms with Crippen LogP contribution in [0.1, 0.15) is 22.3 Å². The summed E-state index contributed by atoms with van der Waals surface area (Å²) in [5, 5.41) is 11.8. The van der Waals surface area contributed by atoms with Crippen LogP contribution in [-0.4, -0.2) is 11.0 Å². The summed E-state index contributed by atoms with van der Waals surface area (Å²) in [5.41, 5.74) is 9.93. The Kier molecular flexibility index (Phi) is 4.35. The minimum atomic E-state index is 0.144. The lowest BCUT2D eigenvalue weighted by atomic mass is 10.1. The van der Waals surface area contributed by atoms with Crippen molar-refractivity contribution in [2.45, 2.75) is 30.6 Å². The van der Waals surface area contributed by atoms with E-state index in [1.54, 1.807) is 11.8 Å². The van der Waals surface area contributed by atoms with Gasteiger partial charge in [-0.15, -0.1) is 0 Å². The van der Waals surface area contributed by atoms with Crippen LogP contribution in [-0.2, 0) is 0 Å². The first-order valence-corrected chi connectivity index (χ1v) is 7.16. The van der Waals surface area contributed by atoms with E-state index in [0.29, 0.717) is 0 Å². The van der Waals surface area contributed by atoms with Crippen LogP contribution in [0.5, 0.6) is 0 Å². The molecular weight excluding hydrogens is 268 g/mol. The van der Waals surface area contributed by atoms with Crippen LogP contribution in [0.2, 0.25) is 0 Å². The van der Waals surface area contributed by atoms with Gasteiger partial charge in [0.1, 0.15) is 0 Å². The Labute approximate surface area is 123 Å². The second-order valence-electron chi connectivity index (χ2n) is 4.83. The first-order valence-electron chi connectivity index (χ1n) is 6.35. The maximum absolute atomic E-state index is 8.74. The summed E-state index contributed by atoms with van der Waals surface area (Å²) in [6, 6.07) is 12.4. The predicted molar refractivity (Wildman–Crippen MR) is 83.7 cm³/mol.